The highest BCUT2D eigenvalue weighted by Gasteiger charge is 2.30. The Morgan fingerprint density at radius 3 is 2.26 bits per heavy atom. The molecule has 1 heterocycles. The molecule has 3 aromatic rings. The van der Waals surface area contributed by atoms with Crippen molar-refractivity contribution in [2.45, 2.75) is 64.1 Å². The summed E-state index contributed by atoms with van der Waals surface area (Å²) >= 11 is 0. The van der Waals surface area contributed by atoms with Crippen LogP contribution in [-0.2, 0) is 22.4 Å². The molecule has 42 heavy (non-hydrogen) atoms. The van der Waals surface area contributed by atoms with E-state index in [4.69, 9.17) is 27.1 Å². The Kier molecular flexibility index (Phi) is 11.8. The molecule has 0 radical (unpaired) electrons. The van der Waals surface area contributed by atoms with Gasteiger partial charge in [0, 0.05) is 12.8 Å². The van der Waals surface area contributed by atoms with Gasteiger partial charge >= 0.3 is 0 Å². The lowest BCUT2D eigenvalue weighted by Gasteiger charge is -2.25. The van der Waals surface area contributed by atoms with Gasteiger partial charge in [-0.05, 0) is 80.6 Å². The number of nitrogens with zero attached hydrogens (tertiary/aromatic N) is 2. The highest BCUT2D eigenvalue weighted by molar-refractivity contribution is 5.92. The van der Waals surface area contributed by atoms with Crippen molar-refractivity contribution in [3.05, 3.63) is 76.4 Å². The average molecular weight is 580 g/mol. The van der Waals surface area contributed by atoms with Crippen LogP contribution in [0.5, 0.6) is 5.75 Å². The number of phenols is 1. The third-order valence-corrected chi connectivity index (χ3v) is 6.82. The fourth-order valence-corrected chi connectivity index (χ4v) is 4.71. The molecular weight excluding hydrogens is 538 g/mol. The average Bonchev–Trinajstić information content (AvgIpc) is 3.40. The lowest BCUT2D eigenvalue weighted by Crippen LogP contribution is -2.56. The Balaban J connectivity index is 1.87. The molecule has 0 bridgehead atoms. The number of aryl methyl sites for hydroxylation is 2. The van der Waals surface area contributed by atoms with Gasteiger partial charge in [0.15, 0.2) is 11.8 Å². The molecule has 0 aliphatic heterocycles. The quantitative estimate of drug-likeness (QED) is 0.0932. The minimum absolute atomic E-state index is 0.108. The molecule has 0 aliphatic carbocycles. The summed E-state index contributed by atoms with van der Waals surface area (Å²) in [4.78, 5) is 31.6. The highest BCUT2D eigenvalue weighted by Crippen LogP contribution is 2.23. The summed E-state index contributed by atoms with van der Waals surface area (Å²) in [6.07, 6.45) is 1.82. The van der Waals surface area contributed by atoms with Crippen LogP contribution in [0.1, 0.15) is 59.3 Å². The SMILES string of the molecule is Cc1cc(O)cc(C)c1CC(NC(=O)C(CCN)NC(=N)N)C(=O)N[C@H](CCCN)c1nc(Cc2ccccc2)no1. The van der Waals surface area contributed by atoms with E-state index in [1.807, 2.05) is 44.2 Å². The maximum absolute atomic E-state index is 13.8. The van der Waals surface area contributed by atoms with Crippen LogP contribution in [0.3, 0.4) is 0 Å². The number of hydrogen-bond acceptors (Lipinski definition) is 9. The number of benzene rings is 2. The lowest BCUT2D eigenvalue weighted by atomic mass is 9.95. The number of nitrogens with two attached hydrogens (primary N) is 3. The first-order valence-corrected chi connectivity index (χ1v) is 13.9. The molecule has 226 valence electrons. The Labute approximate surface area is 245 Å². The molecule has 2 amide bonds. The van der Waals surface area contributed by atoms with Crippen molar-refractivity contribution in [1.82, 2.24) is 26.1 Å². The molecule has 3 rings (SSSR count). The number of carbonyl (C=O) groups is 2. The Bertz CT molecular complexity index is 1320. The van der Waals surface area contributed by atoms with Crippen LogP contribution in [0.15, 0.2) is 47.0 Å². The normalized spacial score (nSPS) is 13.1. The van der Waals surface area contributed by atoms with Gasteiger partial charge in [0.2, 0.25) is 17.7 Å². The molecule has 0 fully saturated rings. The summed E-state index contributed by atoms with van der Waals surface area (Å²) in [5.41, 5.74) is 20.3. The number of nitrogens with one attached hydrogen (secondary N) is 4. The van der Waals surface area contributed by atoms with Crippen LogP contribution < -0.4 is 33.2 Å². The van der Waals surface area contributed by atoms with Gasteiger partial charge in [0.1, 0.15) is 23.9 Å². The Hall–Kier alpha value is -4.49. The Morgan fingerprint density at radius 1 is 0.976 bits per heavy atom. The predicted molar refractivity (Wildman–Crippen MR) is 158 cm³/mol. The summed E-state index contributed by atoms with van der Waals surface area (Å²) < 4.78 is 5.55. The van der Waals surface area contributed by atoms with Crippen molar-refractivity contribution in [2.75, 3.05) is 13.1 Å². The molecular formula is C29H41N9O4. The van der Waals surface area contributed by atoms with Crippen molar-refractivity contribution >= 4 is 17.8 Å². The van der Waals surface area contributed by atoms with Crippen molar-refractivity contribution in [3.63, 3.8) is 0 Å². The monoisotopic (exact) mass is 579 g/mol. The van der Waals surface area contributed by atoms with E-state index >= 15 is 0 Å². The molecule has 13 heteroatoms. The number of rotatable bonds is 15. The number of guanidine groups is 1. The number of carbonyl (C=O) groups excluding carboxylic acids is 2. The maximum Gasteiger partial charge on any atom is 0.249 e. The van der Waals surface area contributed by atoms with E-state index in [9.17, 15) is 14.7 Å². The van der Waals surface area contributed by atoms with E-state index in [1.54, 1.807) is 12.1 Å². The summed E-state index contributed by atoms with van der Waals surface area (Å²) in [7, 11) is 0. The minimum Gasteiger partial charge on any atom is -0.508 e. The lowest BCUT2D eigenvalue weighted by molar-refractivity contribution is -0.130. The summed E-state index contributed by atoms with van der Waals surface area (Å²) in [5, 5.41) is 30.0. The van der Waals surface area contributed by atoms with Crippen LogP contribution in [-0.4, -0.2) is 58.2 Å². The fraction of sp³-hybridized carbons (Fsp3) is 0.414. The molecule has 2 aromatic carbocycles. The second-order valence-electron chi connectivity index (χ2n) is 10.2. The number of amides is 2. The van der Waals surface area contributed by atoms with Crippen molar-refractivity contribution < 1.29 is 19.2 Å². The number of aromatic nitrogens is 2. The third kappa shape index (κ3) is 9.28. The van der Waals surface area contributed by atoms with Crippen molar-refractivity contribution in [2.24, 2.45) is 17.2 Å². The first-order chi connectivity index (χ1) is 20.1. The molecule has 0 spiro atoms. The first-order valence-electron chi connectivity index (χ1n) is 13.9. The standard InChI is InChI=1S/C29H41N9O4/c1-17-13-20(39)14-18(2)21(17)16-24(35-26(40)22(10-12-31)36-29(32)33)27(41)34-23(9-6-11-30)28-37-25(38-42-28)15-19-7-4-3-5-8-19/h3-5,7-8,13-14,22-24,39H,6,9-12,15-16,30-31H2,1-2H3,(H,34,41)(H,35,40)(H4,32,33,36)/t22?,23-,24?/m1/s1. The van der Waals surface area contributed by atoms with Gasteiger partial charge in [0.05, 0.1) is 0 Å². The molecule has 3 atom stereocenters. The second kappa shape index (κ2) is 15.5. The van der Waals surface area contributed by atoms with Crippen molar-refractivity contribution in [3.8, 4) is 5.75 Å². The zero-order chi connectivity index (χ0) is 30.6. The predicted octanol–water partition coefficient (Wildman–Crippen LogP) is 0.807. The number of hydrogen-bond donors (Lipinski definition) is 8. The maximum atomic E-state index is 13.8. The summed E-state index contributed by atoms with van der Waals surface area (Å²) in [5.74, 6) is -0.579. The highest BCUT2D eigenvalue weighted by atomic mass is 16.5. The molecule has 0 saturated carbocycles. The molecule has 0 saturated heterocycles. The van der Waals surface area contributed by atoms with E-state index < -0.39 is 29.9 Å². The van der Waals surface area contributed by atoms with Gasteiger partial charge in [-0.25, -0.2) is 0 Å². The van der Waals surface area contributed by atoms with E-state index in [0.29, 0.717) is 31.6 Å². The molecule has 11 N–H and O–H groups in total. The topological polar surface area (TPSA) is 231 Å². The smallest absolute Gasteiger partial charge is 0.249 e. The van der Waals surface area contributed by atoms with Crippen LogP contribution in [0, 0.1) is 19.3 Å². The van der Waals surface area contributed by atoms with Crippen LogP contribution in [0.2, 0.25) is 0 Å². The van der Waals surface area contributed by atoms with E-state index in [0.717, 1.165) is 22.3 Å². The molecule has 2 unspecified atom stereocenters. The van der Waals surface area contributed by atoms with Crippen LogP contribution in [0.4, 0.5) is 0 Å². The van der Waals surface area contributed by atoms with E-state index in [1.165, 1.54) is 0 Å². The number of aromatic hydroxyl groups is 1. The van der Waals surface area contributed by atoms with E-state index in [-0.39, 0.29) is 37.0 Å². The fourth-order valence-electron chi connectivity index (χ4n) is 4.71. The largest absolute Gasteiger partial charge is 0.508 e. The number of phenolic OH excluding ortho intramolecular Hbond substituents is 1. The van der Waals surface area contributed by atoms with Crippen LogP contribution in [0.25, 0.3) is 0 Å². The van der Waals surface area contributed by atoms with Gasteiger partial charge in [0.25, 0.3) is 0 Å². The van der Waals surface area contributed by atoms with Gasteiger partial charge in [-0.2, -0.15) is 4.98 Å². The second-order valence-corrected chi connectivity index (χ2v) is 10.2. The third-order valence-electron chi connectivity index (χ3n) is 6.82. The van der Waals surface area contributed by atoms with Gasteiger partial charge in [-0.1, -0.05) is 35.5 Å². The molecule has 1 aromatic heterocycles. The van der Waals surface area contributed by atoms with Gasteiger partial charge in [-0.3, -0.25) is 15.0 Å². The van der Waals surface area contributed by atoms with Crippen molar-refractivity contribution in [1.29, 1.82) is 5.41 Å². The zero-order valence-corrected chi connectivity index (χ0v) is 24.0. The summed E-state index contributed by atoms with van der Waals surface area (Å²) in [6, 6.07) is 10.3. The molecule has 13 nitrogen and oxygen atoms in total. The van der Waals surface area contributed by atoms with E-state index in [2.05, 4.69) is 26.1 Å². The van der Waals surface area contributed by atoms with Gasteiger partial charge in [-0.15, -0.1) is 0 Å². The Morgan fingerprint density at radius 2 is 1.64 bits per heavy atom. The van der Waals surface area contributed by atoms with Crippen LogP contribution >= 0.6 is 0 Å². The zero-order valence-electron chi connectivity index (χ0n) is 24.0. The first kappa shape index (κ1) is 32.0. The van der Waals surface area contributed by atoms with Gasteiger partial charge < -0.3 is 42.8 Å². The molecule has 0 aliphatic rings. The summed E-state index contributed by atoms with van der Waals surface area (Å²) in [6.45, 7) is 4.20. The minimum atomic E-state index is -1.03.